The van der Waals surface area contributed by atoms with Crippen LogP contribution in [0.15, 0.2) is 23.1 Å². The highest BCUT2D eigenvalue weighted by Crippen LogP contribution is 2.41. The summed E-state index contributed by atoms with van der Waals surface area (Å²) in [5.41, 5.74) is 8.02. The Morgan fingerprint density at radius 3 is 2.80 bits per heavy atom. The van der Waals surface area contributed by atoms with Gasteiger partial charge in [0.15, 0.2) is 0 Å². The molecule has 1 spiro atoms. The summed E-state index contributed by atoms with van der Waals surface area (Å²) >= 11 is 1.98. The van der Waals surface area contributed by atoms with Gasteiger partial charge >= 0.3 is 0 Å². The number of aryl methyl sites for hydroxylation is 1. The third kappa shape index (κ3) is 3.13. The molecule has 2 fully saturated rings. The third-order valence-corrected chi connectivity index (χ3v) is 5.66. The summed E-state index contributed by atoms with van der Waals surface area (Å²) in [4.78, 5) is 1.32. The van der Waals surface area contributed by atoms with E-state index in [0.717, 1.165) is 51.2 Å². The molecule has 1 atom stereocenters. The quantitative estimate of drug-likeness (QED) is 0.849. The van der Waals surface area contributed by atoms with Gasteiger partial charge in [-0.25, -0.2) is 0 Å². The van der Waals surface area contributed by atoms with Gasteiger partial charge < -0.3 is 15.2 Å². The Hall–Kier alpha value is -0.710. The molecule has 0 saturated carbocycles. The molecule has 0 aromatic heterocycles. The van der Waals surface area contributed by atoms with Crippen LogP contribution in [0.3, 0.4) is 0 Å². The van der Waals surface area contributed by atoms with Gasteiger partial charge in [-0.1, -0.05) is 0 Å². The largest absolute Gasteiger partial charge is 0.399 e. The first-order valence-electron chi connectivity index (χ1n) is 7.41. The molecule has 1 aromatic carbocycles. The Labute approximate surface area is 125 Å². The minimum Gasteiger partial charge on any atom is -0.399 e. The molecule has 3 nitrogen and oxygen atoms in total. The zero-order valence-electron chi connectivity index (χ0n) is 12.1. The normalized spacial score (nSPS) is 25.8. The molecule has 20 heavy (non-hydrogen) atoms. The fourth-order valence-corrected chi connectivity index (χ4v) is 4.47. The number of nitrogen functional groups attached to an aromatic ring is 1. The molecule has 1 aromatic rings. The van der Waals surface area contributed by atoms with Gasteiger partial charge in [0.05, 0.1) is 5.60 Å². The van der Waals surface area contributed by atoms with E-state index < -0.39 is 0 Å². The van der Waals surface area contributed by atoms with E-state index in [0.29, 0.717) is 5.25 Å². The van der Waals surface area contributed by atoms with Crippen LogP contribution in [-0.4, -0.2) is 30.7 Å². The van der Waals surface area contributed by atoms with Crippen LogP contribution in [-0.2, 0) is 9.47 Å². The predicted molar refractivity (Wildman–Crippen MR) is 83.2 cm³/mol. The van der Waals surface area contributed by atoms with Crippen molar-refractivity contribution in [3.63, 3.8) is 0 Å². The molecule has 0 bridgehead atoms. The molecule has 3 rings (SSSR count). The predicted octanol–water partition coefficient (Wildman–Crippen LogP) is 3.40. The summed E-state index contributed by atoms with van der Waals surface area (Å²) in [6.07, 6.45) is 4.37. The Morgan fingerprint density at radius 2 is 2.05 bits per heavy atom. The van der Waals surface area contributed by atoms with Crippen molar-refractivity contribution in [2.45, 2.75) is 48.4 Å². The van der Waals surface area contributed by atoms with Gasteiger partial charge in [-0.05, 0) is 56.4 Å². The average Bonchev–Trinajstić information content (AvgIpc) is 2.44. The monoisotopic (exact) mass is 293 g/mol. The van der Waals surface area contributed by atoms with Crippen molar-refractivity contribution in [2.24, 2.45) is 0 Å². The topological polar surface area (TPSA) is 44.5 Å². The van der Waals surface area contributed by atoms with Crippen molar-refractivity contribution < 1.29 is 9.47 Å². The molecule has 2 aliphatic heterocycles. The summed E-state index contributed by atoms with van der Waals surface area (Å²) in [6, 6.07) is 6.35. The van der Waals surface area contributed by atoms with Crippen LogP contribution >= 0.6 is 11.8 Å². The van der Waals surface area contributed by atoms with Gasteiger partial charge in [-0.3, -0.25) is 0 Å². The van der Waals surface area contributed by atoms with Crippen LogP contribution in [0.4, 0.5) is 5.69 Å². The number of hydrogen-bond acceptors (Lipinski definition) is 4. The van der Waals surface area contributed by atoms with Crippen LogP contribution in [0.2, 0.25) is 0 Å². The lowest BCUT2D eigenvalue weighted by molar-refractivity contribution is -0.131. The van der Waals surface area contributed by atoms with Gasteiger partial charge in [0, 0.05) is 35.7 Å². The smallest absolute Gasteiger partial charge is 0.0737 e. The van der Waals surface area contributed by atoms with Crippen LogP contribution in [0, 0.1) is 6.92 Å². The zero-order chi connectivity index (χ0) is 14.0. The molecular formula is C16H23NO2S. The average molecular weight is 293 g/mol. The summed E-state index contributed by atoms with van der Waals surface area (Å²) in [5, 5.41) is 0.643. The van der Waals surface area contributed by atoms with Gasteiger partial charge in [0.2, 0.25) is 0 Å². The number of benzene rings is 1. The number of ether oxygens (including phenoxy) is 2. The molecule has 2 heterocycles. The zero-order valence-corrected chi connectivity index (χ0v) is 12.9. The number of rotatable bonds is 2. The SMILES string of the molecule is Cc1cc(SC2CCOC3(CCOCC3)C2)ccc1N. The van der Waals surface area contributed by atoms with Crippen molar-refractivity contribution in [2.75, 3.05) is 25.6 Å². The second kappa shape index (κ2) is 5.96. The van der Waals surface area contributed by atoms with Gasteiger partial charge in [0.25, 0.3) is 0 Å². The molecular weight excluding hydrogens is 270 g/mol. The van der Waals surface area contributed by atoms with E-state index in [9.17, 15) is 0 Å². The second-order valence-corrected chi connectivity index (χ2v) is 7.27. The van der Waals surface area contributed by atoms with Crippen LogP contribution in [0.1, 0.15) is 31.2 Å². The van der Waals surface area contributed by atoms with Crippen molar-refractivity contribution in [1.29, 1.82) is 0 Å². The maximum Gasteiger partial charge on any atom is 0.0737 e. The first-order valence-corrected chi connectivity index (χ1v) is 8.29. The Morgan fingerprint density at radius 1 is 1.25 bits per heavy atom. The number of thioether (sulfide) groups is 1. The van der Waals surface area contributed by atoms with E-state index in [1.165, 1.54) is 10.5 Å². The molecule has 0 aliphatic carbocycles. The van der Waals surface area contributed by atoms with E-state index in [4.69, 9.17) is 15.2 Å². The maximum atomic E-state index is 6.10. The minimum absolute atomic E-state index is 0.0804. The first kappa shape index (κ1) is 14.2. The lowest BCUT2D eigenvalue weighted by Gasteiger charge is -2.43. The van der Waals surface area contributed by atoms with Crippen molar-refractivity contribution in [3.05, 3.63) is 23.8 Å². The summed E-state index contributed by atoms with van der Waals surface area (Å²) < 4.78 is 11.6. The third-order valence-electron chi connectivity index (χ3n) is 4.40. The van der Waals surface area contributed by atoms with Gasteiger partial charge in [-0.2, -0.15) is 0 Å². The highest BCUT2D eigenvalue weighted by molar-refractivity contribution is 8.00. The Kier molecular flexibility index (Phi) is 4.24. The molecule has 2 saturated heterocycles. The van der Waals surface area contributed by atoms with Crippen molar-refractivity contribution in [3.8, 4) is 0 Å². The Balaban J connectivity index is 1.66. The van der Waals surface area contributed by atoms with Gasteiger partial charge in [-0.15, -0.1) is 11.8 Å². The van der Waals surface area contributed by atoms with Crippen LogP contribution < -0.4 is 5.73 Å². The molecule has 0 amide bonds. The molecule has 2 aliphatic rings. The van der Waals surface area contributed by atoms with Crippen molar-refractivity contribution in [1.82, 2.24) is 0 Å². The molecule has 110 valence electrons. The maximum absolute atomic E-state index is 6.10. The first-order chi connectivity index (χ1) is 9.67. The lowest BCUT2D eigenvalue weighted by atomic mass is 9.86. The van der Waals surface area contributed by atoms with Crippen LogP contribution in [0.5, 0.6) is 0 Å². The summed E-state index contributed by atoms with van der Waals surface area (Å²) in [6.45, 7) is 4.64. The van der Waals surface area contributed by atoms with E-state index in [-0.39, 0.29) is 5.60 Å². The standard InChI is InChI=1S/C16H23NO2S/c1-12-10-13(2-3-15(12)17)20-14-4-7-19-16(11-14)5-8-18-9-6-16/h2-3,10,14H,4-9,11,17H2,1H3. The van der Waals surface area contributed by atoms with E-state index in [1.807, 2.05) is 17.8 Å². The fourth-order valence-electron chi connectivity index (χ4n) is 3.09. The highest BCUT2D eigenvalue weighted by atomic mass is 32.2. The summed E-state index contributed by atoms with van der Waals surface area (Å²) in [5.74, 6) is 0. The number of anilines is 1. The highest BCUT2D eigenvalue weighted by Gasteiger charge is 2.39. The fraction of sp³-hybridized carbons (Fsp3) is 0.625. The van der Waals surface area contributed by atoms with Gasteiger partial charge in [0.1, 0.15) is 0 Å². The molecule has 1 unspecified atom stereocenters. The number of nitrogens with two attached hydrogens (primary N) is 1. The van der Waals surface area contributed by atoms with Crippen LogP contribution in [0.25, 0.3) is 0 Å². The van der Waals surface area contributed by atoms with E-state index in [2.05, 4.69) is 19.1 Å². The van der Waals surface area contributed by atoms with Crippen molar-refractivity contribution >= 4 is 17.4 Å². The summed E-state index contributed by atoms with van der Waals surface area (Å²) in [7, 11) is 0. The Bertz CT molecular complexity index is 466. The molecule has 4 heteroatoms. The van der Waals surface area contributed by atoms with E-state index >= 15 is 0 Å². The lowest BCUT2D eigenvalue weighted by Crippen LogP contribution is -2.45. The minimum atomic E-state index is 0.0804. The molecule has 2 N–H and O–H groups in total. The second-order valence-electron chi connectivity index (χ2n) is 5.89. The molecule has 0 radical (unpaired) electrons. The number of hydrogen-bond donors (Lipinski definition) is 1. The van der Waals surface area contributed by atoms with E-state index in [1.54, 1.807) is 0 Å².